The Kier molecular flexibility index (Phi) is 7.05. The van der Waals surface area contributed by atoms with Gasteiger partial charge in [-0.05, 0) is 69.4 Å². The van der Waals surface area contributed by atoms with Crippen LogP contribution in [-0.4, -0.2) is 37.8 Å². The number of aromatic nitrogens is 2. The molecule has 0 aliphatic rings. The normalized spacial score (nSPS) is 10.5. The number of ether oxygens (including phenoxy) is 4. The first kappa shape index (κ1) is 17.6. The zero-order valence-corrected chi connectivity index (χ0v) is 16.3. The summed E-state index contributed by atoms with van der Waals surface area (Å²) in [7, 11) is 3.13. The van der Waals surface area contributed by atoms with Crippen LogP contribution >= 0.6 is 45.2 Å². The zero-order chi connectivity index (χ0) is 15.9. The summed E-state index contributed by atoms with van der Waals surface area (Å²) in [6, 6.07) is 7.61. The van der Waals surface area contributed by atoms with Gasteiger partial charge in [0, 0.05) is 14.2 Å². The summed E-state index contributed by atoms with van der Waals surface area (Å²) in [6.07, 6.45) is 0. The standard InChI is InChI=1S/C14H14I2N2O4/c1-19-7-21-13-9(15)3-5-11(17-13)12-6-4-10(16)14(18-12)22-8-20-2/h3-6H,7-8H2,1-2H3. The number of pyridine rings is 2. The molecule has 8 heteroatoms. The fraction of sp³-hybridized carbons (Fsp3) is 0.286. The van der Waals surface area contributed by atoms with Gasteiger partial charge in [0.2, 0.25) is 11.8 Å². The number of halogens is 2. The Morgan fingerprint density at radius 1 is 0.773 bits per heavy atom. The van der Waals surface area contributed by atoms with Crippen molar-refractivity contribution in [3.05, 3.63) is 31.4 Å². The van der Waals surface area contributed by atoms with E-state index in [9.17, 15) is 0 Å². The Morgan fingerprint density at radius 2 is 1.18 bits per heavy atom. The van der Waals surface area contributed by atoms with Crippen LogP contribution in [0.25, 0.3) is 11.4 Å². The fourth-order valence-electron chi connectivity index (χ4n) is 1.56. The largest absolute Gasteiger partial charge is 0.450 e. The van der Waals surface area contributed by atoms with Gasteiger partial charge in [-0.3, -0.25) is 0 Å². The lowest BCUT2D eigenvalue weighted by Crippen LogP contribution is -2.04. The highest BCUT2D eigenvalue weighted by Gasteiger charge is 2.11. The molecule has 0 bridgehead atoms. The van der Waals surface area contributed by atoms with Crippen LogP contribution in [-0.2, 0) is 9.47 Å². The lowest BCUT2D eigenvalue weighted by Gasteiger charge is -2.10. The summed E-state index contributed by atoms with van der Waals surface area (Å²) in [5, 5.41) is 0. The van der Waals surface area contributed by atoms with Crippen molar-refractivity contribution in [1.82, 2.24) is 9.97 Å². The van der Waals surface area contributed by atoms with Gasteiger partial charge in [-0.2, -0.15) is 0 Å². The summed E-state index contributed by atoms with van der Waals surface area (Å²) >= 11 is 4.32. The monoisotopic (exact) mass is 528 g/mol. The van der Waals surface area contributed by atoms with Crippen LogP contribution in [0.2, 0.25) is 0 Å². The second kappa shape index (κ2) is 8.79. The highest BCUT2D eigenvalue weighted by atomic mass is 127. The number of hydrogen-bond acceptors (Lipinski definition) is 6. The van der Waals surface area contributed by atoms with Crippen LogP contribution in [0.1, 0.15) is 0 Å². The first-order chi connectivity index (χ1) is 10.7. The maximum absolute atomic E-state index is 5.45. The smallest absolute Gasteiger partial charge is 0.229 e. The third-order valence-electron chi connectivity index (χ3n) is 2.52. The zero-order valence-electron chi connectivity index (χ0n) is 12.0. The Bertz CT molecular complexity index is 585. The van der Waals surface area contributed by atoms with Crippen molar-refractivity contribution in [3.8, 4) is 23.1 Å². The summed E-state index contributed by atoms with van der Waals surface area (Å²) in [5.41, 5.74) is 1.40. The molecular weight excluding hydrogens is 514 g/mol. The van der Waals surface area contributed by atoms with Gasteiger partial charge in [0.05, 0.1) is 18.5 Å². The second-order valence-corrected chi connectivity index (χ2v) is 6.39. The van der Waals surface area contributed by atoms with Gasteiger partial charge in [-0.25, -0.2) is 9.97 Å². The summed E-state index contributed by atoms with van der Waals surface area (Å²) < 4.78 is 22.5. The maximum Gasteiger partial charge on any atom is 0.229 e. The van der Waals surface area contributed by atoms with Crippen molar-refractivity contribution in [2.24, 2.45) is 0 Å². The summed E-state index contributed by atoms with van der Waals surface area (Å²) in [4.78, 5) is 8.94. The molecule has 118 valence electrons. The molecule has 6 nitrogen and oxygen atoms in total. The molecule has 0 atom stereocenters. The molecule has 2 heterocycles. The lowest BCUT2D eigenvalue weighted by molar-refractivity contribution is 0.0468. The number of methoxy groups -OCH3 is 2. The quantitative estimate of drug-likeness (QED) is 0.407. The molecule has 0 unspecified atom stereocenters. The van der Waals surface area contributed by atoms with Crippen LogP contribution in [0.5, 0.6) is 11.8 Å². The molecule has 0 radical (unpaired) electrons. The Hall–Kier alpha value is -0.720. The molecular formula is C14H14I2N2O4. The van der Waals surface area contributed by atoms with Gasteiger partial charge < -0.3 is 18.9 Å². The highest BCUT2D eigenvalue weighted by molar-refractivity contribution is 14.1. The maximum atomic E-state index is 5.45. The Labute approximate surface area is 155 Å². The average molecular weight is 528 g/mol. The molecule has 0 aliphatic carbocycles. The van der Waals surface area contributed by atoms with Gasteiger partial charge >= 0.3 is 0 Å². The van der Waals surface area contributed by atoms with Gasteiger partial charge in [-0.1, -0.05) is 0 Å². The van der Waals surface area contributed by atoms with E-state index in [1.54, 1.807) is 14.2 Å². The number of hydrogen-bond donors (Lipinski definition) is 0. The summed E-state index contributed by atoms with van der Waals surface area (Å²) in [6.45, 7) is 0.295. The fourth-order valence-corrected chi connectivity index (χ4v) is 2.48. The highest BCUT2D eigenvalue weighted by Crippen LogP contribution is 2.27. The van der Waals surface area contributed by atoms with Crippen molar-refractivity contribution >= 4 is 45.2 Å². The van der Waals surface area contributed by atoms with Crippen LogP contribution in [0.3, 0.4) is 0 Å². The van der Waals surface area contributed by atoms with Gasteiger partial charge in [0.1, 0.15) is 0 Å². The minimum Gasteiger partial charge on any atom is -0.450 e. The van der Waals surface area contributed by atoms with Crippen molar-refractivity contribution in [2.45, 2.75) is 0 Å². The molecule has 0 saturated carbocycles. The predicted molar refractivity (Wildman–Crippen MR) is 97.9 cm³/mol. The molecule has 0 N–H and O–H groups in total. The van der Waals surface area contributed by atoms with E-state index in [1.807, 2.05) is 24.3 Å². The first-order valence-electron chi connectivity index (χ1n) is 6.22. The van der Waals surface area contributed by atoms with E-state index in [0.717, 1.165) is 7.14 Å². The van der Waals surface area contributed by atoms with E-state index in [0.29, 0.717) is 23.1 Å². The summed E-state index contributed by atoms with van der Waals surface area (Å²) in [5.74, 6) is 1.03. The molecule has 2 rings (SSSR count). The molecule has 0 aromatic carbocycles. The Morgan fingerprint density at radius 3 is 1.55 bits per heavy atom. The molecule has 0 amide bonds. The van der Waals surface area contributed by atoms with E-state index >= 15 is 0 Å². The number of nitrogens with zero attached hydrogens (tertiary/aromatic N) is 2. The van der Waals surface area contributed by atoms with E-state index < -0.39 is 0 Å². The van der Waals surface area contributed by atoms with Crippen molar-refractivity contribution in [1.29, 1.82) is 0 Å². The van der Waals surface area contributed by atoms with Crippen molar-refractivity contribution in [2.75, 3.05) is 27.8 Å². The average Bonchev–Trinajstić information content (AvgIpc) is 2.53. The minimum absolute atomic E-state index is 0.148. The third kappa shape index (κ3) is 4.64. The molecule has 0 spiro atoms. The minimum atomic E-state index is 0.148. The van der Waals surface area contributed by atoms with Gasteiger partial charge in [-0.15, -0.1) is 0 Å². The molecule has 22 heavy (non-hydrogen) atoms. The molecule has 2 aromatic rings. The van der Waals surface area contributed by atoms with Crippen LogP contribution < -0.4 is 9.47 Å². The molecule has 0 fully saturated rings. The van der Waals surface area contributed by atoms with Crippen LogP contribution in [0, 0.1) is 7.14 Å². The predicted octanol–water partition coefficient (Wildman–Crippen LogP) is 3.32. The third-order valence-corrected chi connectivity index (χ3v) is 4.16. The number of rotatable bonds is 7. The van der Waals surface area contributed by atoms with E-state index in [1.165, 1.54) is 0 Å². The van der Waals surface area contributed by atoms with E-state index in [-0.39, 0.29) is 13.6 Å². The van der Waals surface area contributed by atoms with Crippen molar-refractivity contribution < 1.29 is 18.9 Å². The molecule has 2 aromatic heterocycles. The van der Waals surface area contributed by atoms with Crippen molar-refractivity contribution in [3.63, 3.8) is 0 Å². The van der Waals surface area contributed by atoms with Gasteiger partial charge in [0.15, 0.2) is 13.6 Å². The van der Waals surface area contributed by atoms with E-state index in [2.05, 4.69) is 55.1 Å². The second-order valence-electron chi connectivity index (χ2n) is 4.07. The molecule has 0 saturated heterocycles. The van der Waals surface area contributed by atoms with Crippen LogP contribution in [0.15, 0.2) is 24.3 Å². The van der Waals surface area contributed by atoms with Gasteiger partial charge in [0.25, 0.3) is 0 Å². The van der Waals surface area contributed by atoms with Crippen LogP contribution in [0.4, 0.5) is 0 Å². The SMILES string of the molecule is COCOc1nc(-c2ccc(I)c(OCOC)n2)ccc1I. The van der Waals surface area contributed by atoms with E-state index in [4.69, 9.17) is 18.9 Å². The molecule has 0 aliphatic heterocycles. The Balaban J connectivity index is 2.30. The first-order valence-corrected chi connectivity index (χ1v) is 8.38. The lowest BCUT2D eigenvalue weighted by atomic mass is 10.2. The topological polar surface area (TPSA) is 62.7 Å².